The summed E-state index contributed by atoms with van der Waals surface area (Å²) in [6.45, 7) is 4.86. The number of rotatable bonds is 1. The molecule has 0 N–H and O–H groups in total. The van der Waals surface area contributed by atoms with E-state index in [2.05, 4.69) is 15.9 Å². The number of benzene rings is 1. The van der Waals surface area contributed by atoms with Crippen molar-refractivity contribution in [3.63, 3.8) is 0 Å². The standard InChI is InChI=1S/C11H11BrF2O/c1-11(2,3)10(15)8-7(13)5-4-6(12)9(8)14/h4-5H,1-3H3. The molecule has 1 nitrogen and oxygen atoms in total. The molecule has 0 atom stereocenters. The highest BCUT2D eigenvalue weighted by molar-refractivity contribution is 9.10. The Morgan fingerprint density at radius 1 is 1.27 bits per heavy atom. The van der Waals surface area contributed by atoms with E-state index in [0.717, 1.165) is 6.07 Å². The second kappa shape index (κ2) is 4.00. The first kappa shape index (κ1) is 12.3. The fraction of sp³-hybridized carbons (Fsp3) is 0.364. The highest BCUT2D eigenvalue weighted by Crippen LogP contribution is 2.28. The van der Waals surface area contributed by atoms with Gasteiger partial charge in [0.25, 0.3) is 0 Å². The Morgan fingerprint density at radius 2 is 1.80 bits per heavy atom. The van der Waals surface area contributed by atoms with Crippen LogP contribution in [0.5, 0.6) is 0 Å². The summed E-state index contributed by atoms with van der Waals surface area (Å²) >= 11 is 2.92. The van der Waals surface area contributed by atoms with E-state index in [1.54, 1.807) is 20.8 Å². The Kier molecular flexibility index (Phi) is 3.28. The van der Waals surface area contributed by atoms with Crippen LogP contribution in [0.3, 0.4) is 0 Å². The normalized spacial score (nSPS) is 11.6. The van der Waals surface area contributed by atoms with Crippen molar-refractivity contribution in [3.05, 3.63) is 33.8 Å². The molecule has 0 amide bonds. The zero-order valence-electron chi connectivity index (χ0n) is 8.70. The Bertz CT molecular complexity index is 408. The minimum Gasteiger partial charge on any atom is -0.293 e. The van der Waals surface area contributed by atoms with Gasteiger partial charge in [-0.1, -0.05) is 20.8 Å². The molecule has 0 aliphatic rings. The lowest BCUT2D eigenvalue weighted by Crippen LogP contribution is -2.22. The van der Waals surface area contributed by atoms with Crippen molar-refractivity contribution in [2.24, 2.45) is 5.41 Å². The van der Waals surface area contributed by atoms with Crippen LogP contribution in [0.2, 0.25) is 0 Å². The van der Waals surface area contributed by atoms with Crippen LogP contribution in [0.15, 0.2) is 16.6 Å². The summed E-state index contributed by atoms with van der Waals surface area (Å²) in [5.74, 6) is -2.20. The van der Waals surface area contributed by atoms with Crippen LogP contribution in [0.25, 0.3) is 0 Å². The molecule has 1 aromatic carbocycles. The van der Waals surface area contributed by atoms with Crippen molar-refractivity contribution in [2.45, 2.75) is 20.8 Å². The first-order valence-electron chi connectivity index (χ1n) is 4.43. The number of carbonyl (C=O) groups excluding carboxylic acids is 1. The average molecular weight is 277 g/mol. The molecular weight excluding hydrogens is 266 g/mol. The van der Waals surface area contributed by atoms with Crippen LogP contribution < -0.4 is 0 Å². The molecule has 15 heavy (non-hydrogen) atoms. The number of ketones is 1. The topological polar surface area (TPSA) is 17.1 Å². The molecule has 0 aliphatic carbocycles. The van der Waals surface area contributed by atoms with E-state index in [1.807, 2.05) is 0 Å². The number of halogens is 3. The highest BCUT2D eigenvalue weighted by atomic mass is 79.9. The first-order chi connectivity index (χ1) is 6.75. The molecule has 0 fully saturated rings. The van der Waals surface area contributed by atoms with Crippen LogP contribution in [0.1, 0.15) is 31.1 Å². The Morgan fingerprint density at radius 3 is 2.27 bits per heavy atom. The lowest BCUT2D eigenvalue weighted by atomic mass is 9.86. The predicted molar refractivity (Wildman–Crippen MR) is 57.8 cm³/mol. The minimum absolute atomic E-state index is 0.0940. The number of carbonyl (C=O) groups is 1. The zero-order chi connectivity index (χ0) is 11.8. The van der Waals surface area contributed by atoms with E-state index in [1.165, 1.54) is 6.07 Å². The van der Waals surface area contributed by atoms with Gasteiger partial charge in [-0.05, 0) is 28.1 Å². The molecule has 0 aliphatic heterocycles. The maximum Gasteiger partial charge on any atom is 0.174 e. The highest BCUT2D eigenvalue weighted by Gasteiger charge is 2.29. The SMILES string of the molecule is CC(C)(C)C(=O)c1c(F)ccc(Br)c1F. The third kappa shape index (κ3) is 2.43. The zero-order valence-corrected chi connectivity index (χ0v) is 10.3. The van der Waals surface area contributed by atoms with Crippen molar-refractivity contribution in [2.75, 3.05) is 0 Å². The van der Waals surface area contributed by atoms with E-state index in [-0.39, 0.29) is 4.47 Å². The number of hydrogen-bond acceptors (Lipinski definition) is 1. The summed E-state index contributed by atoms with van der Waals surface area (Å²) in [5.41, 5.74) is -1.28. The van der Waals surface area contributed by atoms with E-state index in [0.29, 0.717) is 0 Å². The molecule has 0 saturated heterocycles. The molecule has 0 spiro atoms. The molecule has 1 rings (SSSR count). The van der Waals surface area contributed by atoms with Gasteiger partial charge in [0.1, 0.15) is 5.82 Å². The molecule has 0 radical (unpaired) electrons. The van der Waals surface area contributed by atoms with Gasteiger partial charge in [0.2, 0.25) is 0 Å². The van der Waals surface area contributed by atoms with Crippen molar-refractivity contribution >= 4 is 21.7 Å². The predicted octanol–water partition coefficient (Wildman–Crippen LogP) is 3.96. The summed E-state index contributed by atoms with van der Waals surface area (Å²) in [5, 5.41) is 0. The summed E-state index contributed by atoms with van der Waals surface area (Å²) in [4.78, 5) is 11.8. The van der Waals surface area contributed by atoms with Gasteiger partial charge in [-0.3, -0.25) is 4.79 Å². The maximum absolute atomic E-state index is 13.5. The summed E-state index contributed by atoms with van der Waals surface area (Å²) in [6.07, 6.45) is 0. The van der Waals surface area contributed by atoms with Gasteiger partial charge >= 0.3 is 0 Å². The van der Waals surface area contributed by atoms with Gasteiger partial charge in [-0.15, -0.1) is 0 Å². The molecule has 0 aromatic heterocycles. The minimum atomic E-state index is -0.838. The van der Waals surface area contributed by atoms with Crippen LogP contribution in [-0.4, -0.2) is 5.78 Å². The van der Waals surface area contributed by atoms with Gasteiger partial charge in [0, 0.05) is 5.41 Å². The second-order valence-electron chi connectivity index (χ2n) is 4.30. The smallest absolute Gasteiger partial charge is 0.174 e. The average Bonchev–Trinajstić information content (AvgIpc) is 2.10. The van der Waals surface area contributed by atoms with Gasteiger partial charge in [-0.25, -0.2) is 8.78 Å². The molecule has 0 heterocycles. The van der Waals surface area contributed by atoms with E-state index in [9.17, 15) is 13.6 Å². The monoisotopic (exact) mass is 276 g/mol. The molecular formula is C11H11BrF2O. The van der Waals surface area contributed by atoms with Crippen LogP contribution in [0.4, 0.5) is 8.78 Å². The largest absolute Gasteiger partial charge is 0.293 e. The molecule has 4 heteroatoms. The molecule has 0 saturated carbocycles. The van der Waals surface area contributed by atoms with Gasteiger partial charge in [0.15, 0.2) is 11.6 Å². The Balaban J connectivity index is 3.38. The lowest BCUT2D eigenvalue weighted by Gasteiger charge is -2.17. The first-order valence-corrected chi connectivity index (χ1v) is 5.22. The Labute approximate surface area is 95.6 Å². The molecule has 0 bridgehead atoms. The third-order valence-corrected chi connectivity index (χ3v) is 2.56. The van der Waals surface area contributed by atoms with E-state index >= 15 is 0 Å². The Hall–Kier alpha value is -0.770. The van der Waals surface area contributed by atoms with Crippen molar-refractivity contribution in [1.82, 2.24) is 0 Å². The number of Topliss-reactive ketones (excluding diaryl/α,β-unsaturated/α-hetero) is 1. The lowest BCUT2D eigenvalue weighted by molar-refractivity contribution is 0.0849. The maximum atomic E-state index is 13.5. The molecule has 1 aromatic rings. The fourth-order valence-corrected chi connectivity index (χ4v) is 1.44. The van der Waals surface area contributed by atoms with Crippen molar-refractivity contribution in [3.8, 4) is 0 Å². The summed E-state index contributed by atoms with van der Waals surface area (Å²) in [7, 11) is 0. The molecule has 82 valence electrons. The van der Waals surface area contributed by atoms with Gasteiger partial charge in [-0.2, -0.15) is 0 Å². The number of hydrogen-bond donors (Lipinski definition) is 0. The van der Waals surface area contributed by atoms with E-state index in [4.69, 9.17) is 0 Å². The summed E-state index contributed by atoms with van der Waals surface area (Å²) in [6, 6.07) is 2.32. The quantitative estimate of drug-likeness (QED) is 0.561. The van der Waals surface area contributed by atoms with Crippen molar-refractivity contribution < 1.29 is 13.6 Å². The second-order valence-corrected chi connectivity index (χ2v) is 5.15. The van der Waals surface area contributed by atoms with Crippen LogP contribution in [0, 0.1) is 17.0 Å². The van der Waals surface area contributed by atoms with E-state index < -0.39 is 28.4 Å². The van der Waals surface area contributed by atoms with Crippen LogP contribution in [-0.2, 0) is 0 Å². The van der Waals surface area contributed by atoms with Crippen LogP contribution >= 0.6 is 15.9 Å². The van der Waals surface area contributed by atoms with Gasteiger partial charge in [0.05, 0.1) is 10.0 Å². The summed E-state index contributed by atoms with van der Waals surface area (Å²) < 4.78 is 27.0. The molecule has 0 unspecified atom stereocenters. The fourth-order valence-electron chi connectivity index (χ4n) is 1.11. The third-order valence-electron chi connectivity index (χ3n) is 1.95. The van der Waals surface area contributed by atoms with Gasteiger partial charge < -0.3 is 0 Å². The van der Waals surface area contributed by atoms with Crippen molar-refractivity contribution in [1.29, 1.82) is 0 Å².